The van der Waals surface area contributed by atoms with E-state index in [9.17, 15) is 0 Å². The van der Waals surface area contributed by atoms with Crippen molar-refractivity contribution in [2.45, 2.75) is 20.5 Å². The van der Waals surface area contributed by atoms with Gasteiger partial charge in [0, 0.05) is 0 Å². The van der Waals surface area contributed by atoms with Crippen molar-refractivity contribution in [1.29, 1.82) is 0 Å². The lowest BCUT2D eigenvalue weighted by molar-refractivity contribution is 0.271. The normalized spacial score (nSPS) is 10.7. The lowest BCUT2D eigenvalue weighted by Gasteiger charge is -2.09. The van der Waals surface area contributed by atoms with Crippen LogP contribution < -0.4 is 4.74 Å². The Morgan fingerprint density at radius 3 is 1.89 bits per heavy atom. The molecule has 0 aliphatic heterocycles. The molecule has 0 heterocycles. The van der Waals surface area contributed by atoms with E-state index in [0.717, 1.165) is 29.0 Å². The van der Waals surface area contributed by atoms with Crippen molar-refractivity contribution in [2.75, 3.05) is 6.61 Å². The maximum Gasteiger partial charge on any atom is 0.119 e. The Morgan fingerprint density at radius 2 is 1.42 bits per heavy atom. The fraction of sp³-hybridized carbons (Fsp3) is 0.294. The molecule has 0 fully saturated rings. The SMILES string of the molecule is CC(C)COc1ccc(-c2ccc(CO)cc2)cc1. The number of benzene rings is 2. The highest BCUT2D eigenvalue weighted by Crippen LogP contribution is 2.23. The zero-order valence-electron chi connectivity index (χ0n) is 11.5. The van der Waals surface area contributed by atoms with Crippen LogP contribution >= 0.6 is 0 Å². The molecular formula is C17H20O2. The highest BCUT2D eigenvalue weighted by Gasteiger charge is 2.00. The minimum atomic E-state index is 0.0856. The molecule has 1 N–H and O–H groups in total. The maximum absolute atomic E-state index is 9.02. The molecule has 0 aliphatic rings. The van der Waals surface area contributed by atoms with E-state index in [1.54, 1.807) is 0 Å². The van der Waals surface area contributed by atoms with Gasteiger partial charge in [-0.1, -0.05) is 50.2 Å². The summed E-state index contributed by atoms with van der Waals surface area (Å²) >= 11 is 0. The Kier molecular flexibility index (Phi) is 4.58. The van der Waals surface area contributed by atoms with Crippen molar-refractivity contribution in [1.82, 2.24) is 0 Å². The average Bonchev–Trinajstić information content (AvgIpc) is 2.46. The third-order valence-corrected chi connectivity index (χ3v) is 2.91. The van der Waals surface area contributed by atoms with Crippen LogP contribution in [0.1, 0.15) is 19.4 Å². The summed E-state index contributed by atoms with van der Waals surface area (Å²) in [5, 5.41) is 9.02. The van der Waals surface area contributed by atoms with E-state index >= 15 is 0 Å². The number of aliphatic hydroxyl groups is 1. The van der Waals surface area contributed by atoms with Crippen molar-refractivity contribution in [3.05, 3.63) is 54.1 Å². The molecule has 100 valence electrons. The lowest BCUT2D eigenvalue weighted by Crippen LogP contribution is -2.04. The molecule has 2 aromatic carbocycles. The second kappa shape index (κ2) is 6.39. The van der Waals surface area contributed by atoms with E-state index in [-0.39, 0.29) is 6.61 Å². The van der Waals surface area contributed by atoms with E-state index in [4.69, 9.17) is 9.84 Å². The zero-order chi connectivity index (χ0) is 13.7. The van der Waals surface area contributed by atoms with Gasteiger partial charge in [0.05, 0.1) is 13.2 Å². The summed E-state index contributed by atoms with van der Waals surface area (Å²) in [5.74, 6) is 1.44. The largest absolute Gasteiger partial charge is 0.493 e. The van der Waals surface area contributed by atoms with E-state index in [2.05, 4.69) is 26.0 Å². The van der Waals surface area contributed by atoms with Crippen LogP contribution in [0.5, 0.6) is 5.75 Å². The van der Waals surface area contributed by atoms with Crippen molar-refractivity contribution in [3.8, 4) is 16.9 Å². The fourth-order valence-electron chi connectivity index (χ4n) is 1.81. The summed E-state index contributed by atoms with van der Waals surface area (Å²) in [4.78, 5) is 0. The first kappa shape index (κ1) is 13.6. The van der Waals surface area contributed by atoms with Crippen molar-refractivity contribution < 1.29 is 9.84 Å². The number of ether oxygens (including phenoxy) is 1. The predicted molar refractivity (Wildman–Crippen MR) is 78.1 cm³/mol. The molecule has 0 bridgehead atoms. The summed E-state index contributed by atoms with van der Waals surface area (Å²) < 4.78 is 5.66. The molecule has 2 aromatic rings. The lowest BCUT2D eigenvalue weighted by atomic mass is 10.0. The molecule has 0 saturated carbocycles. The third kappa shape index (κ3) is 3.83. The summed E-state index contributed by atoms with van der Waals surface area (Å²) in [5.41, 5.74) is 3.23. The first-order chi connectivity index (χ1) is 9.19. The van der Waals surface area contributed by atoms with Gasteiger partial charge in [0.15, 0.2) is 0 Å². The topological polar surface area (TPSA) is 29.5 Å². The van der Waals surface area contributed by atoms with E-state index in [0.29, 0.717) is 5.92 Å². The first-order valence-electron chi connectivity index (χ1n) is 6.62. The molecule has 19 heavy (non-hydrogen) atoms. The maximum atomic E-state index is 9.02. The van der Waals surface area contributed by atoms with Gasteiger partial charge in [-0.3, -0.25) is 0 Å². The fourth-order valence-corrected chi connectivity index (χ4v) is 1.81. The summed E-state index contributed by atoms with van der Waals surface area (Å²) in [6.45, 7) is 5.10. The Balaban J connectivity index is 2.08. The Morgan fingerprint density at radius 1 is 0.895 bits per heavy atom. The van der Waals surface area contributed by atoms with Crippen LogP contribution in [0.2, 0.25) is 0 Å². The Hall–Kier alpha value is -1.80. The molecule has 2 nitrogen and oxygen atoms in total. The highest BCUT2D eigenvalue weighted by atomic mass is 16.5. The number of aliphatic hydroxyl groups excluding tert-OH is 1. The third-order valence-electron chi connectivity index (χ3n) is 2.91. The molecule has 0 saturated heterocycles. The molecule has 2 rings (SSSR count). The van der Waals surface area contributed by atoms with Gasteiger partial charge >= 0.3 is 0 Å². The van der Waals surface area contributed by atoms with Crippen LogP contribution in [0.3, 0.4) is 0 Å². The second-order valence-electron chi connectivity index (χ2n) is 5.08. The van der Waals surface area contributed by atoms with Gasteiger partial charge in [-0.2, -0.15) is 0 Å². The van der Waals surface area contributed by atoms with Gasteiger partial charge in [0.1, 0.15) is 5.75 Å². The molecule has 2 heteroatoms. The highest BCUT2D eigenvalue weighted by molar-refractivity contribution is 5.64. The van der Waals surface area contributed by atoms with Crippen molar-refractivity contribution in [2.24, 2.45) is 5.92 Å². The van der Waals surface area contributed by atoms with E-state index in [1.807, 2.05) is 36.4 Å². The minimum absolute atomic E-state index is 0.0856. The average molecular weight is 256 g/mol. The number of rotatable bonds is 5. The van der Waals surface area contributed by atoms with Gasteiger partial charge in [0.25, 0.3) is 0 Å². The molecule has 0 radical (unpaired) electrons. The molecule has 0 unspecified atom stereocenters. The molecule has 0 aromatic heterocycles. The van der Waals surface area contributed by atoms with Crippen LogP contribution in [0.15, 0.2) is 48.5 Å². The molecule has 0 amide bonds. The van der Waals surface area contributed by atoms with Crippen LogP contribution in [-0.2, 0) is 6.61 Å². The van der Waals surface area contributed by atoms with E-state index in [1.165, 1.54) is 0 Å². The number of hydrogen-bond acceptors (Lipinski definition) is 2. The van der Waals surface area contributed by atoms with Crippen LogP contribution in [-0.4, -0.2) is 11.7 Å². The first-order valence-corrected chi connectivity index (χ1v) is 6.62. The molecule has 0 atom stereocenters. The zero-order valence-corrected chi connectivity index (χ0v) is 11.5. The van der Waals surface area contributed by atoms with Crippen molar-refractivity contribution >= 4 is 0 Å². The minimum Gasteiger partial charge on any atom is -0.493 e. The summed E-state index contributed by atoms with van der Waals surface area (Å²) in [6.07, 6.45) is 0. The standard InChI is InChI=1S/C17H20O2/c1-13(2)12-19-17-9-7-16(8-10-17)15-5-3-14(11-18)4-6-15/h3-10,13,18H,11-12H2,1-2H3. The van der Waals surface area contributed by atoms with Crippen molar-refractivity contribution in [3.63, 3.8) is 0 Å². The predicted octanol–water partition coefficient (Wildman–Crippen LogP) is 3.88. The van der Waals surface area contributed by atoms with Gasteiger partial charge in [0.2, 0.25) is 0 Å². The van der Waals surface area contributed by atoms with Crippen LogP contribution in [0, 0.1) is 5.92 Å². The van der Waals surface area contributed by atoms with Gasteiger partial charge < -0.3 is 9.84 Å². The number of hydrogen-bond donors (Lipinski definition) is 1. The van der Waals surface area contributed by atoms with Gasteiger partial charge in [-0.25, -0.2) is 0 Å². The second-order valence-corrected chi connectivity index (χ2v) is 5.08. The molecular weight excluding hydrogens is 236 g/mol. The van der Waals surface area contributed by atoms with Crippen LogP contribution in [0.4, 0.5) is 0 Å². The summed E-state index contributed by atoms with van der Waals surface area (Å²) in [6, 6.07) is 16.0. The molecule has 0 aliphatic carbocycles. The molecule has 0 spiro atoms. The van der Waals surface area contributed by atoms with Crippen LogP contribution in [0.25, 0.3) is 11.1 Å². The Labute approximate surface area is 114 Å². The van der Waals surface area contributed by atoms with Gasteiger partial charge in [-0.15, -0.1) is 0 Å². The van der Waals surface area contributed by atoms with E-state index < -0.39 is 0 Å². The Bertz CT molecular complexity index is 498. The smallest absolute Gasteiger partial charge is 0.119 e. The van der Waals surface area contributed by atoms with Gasteiger partial charge in [-0.05, 0) is 34.7 Å². The summed E-state index contributed by atoms with van der Waals surface area (Å²) in [7, 11) is 0. The monoisotopic (exact) mass is 256 g/mol. The quantitative estimate of drug-likeness (QED) is 0.879.